The second-order valence-corrected chi connectivity index (χ2v) is 11.1. The smallest absolute Gasteiger partial charge is 0.259 e. The number of hydrogen-bond acceptors (Lipinski definition) is 7. The van der Waals surface area contributed by atoms with Crippen molar-refractivity contribution in [2.75, 3.05) is 7.11 Å². The molecule has 3 aromatic carbocycles. The maximum atomic E-state index is 13.0. The average molecular weight is 540 g/mol. The predicted molar refractivity (Wildman–Crippen MR) is 154 cm³/mol. The van der Waals surface area contributed by atoms with Crippen LogP contribution in [0.1, 0.15) is 31.0 Å². The van der Waals surface area contributed by atoms with Gasteiger partial charge in [0.25, 0.3) is 5.56 Å². The third-order valence-corrected chi connectivity index (χ3v) is 8.36. The van der Waals surface area contributed by atoms with Gasteiger partial charge in [0, 0.05) is 17.4 Å². The van der Waals surface area contributed by atoms with E-state index in [1.807, 2.05) is 54.6 Å². The molecule has 0 amide bonds. The van der Waals surface area contributed by atoms with E-state index in [4.69, 9.17) is 9.72 Å². The van der Waals surface area contributed by atoms with E-state index in [1.54, 1.807) is 17.6 Å². The van der Waals surface area contributed by atoms with Gasteiger partial charge in [0.15, 0.2) is 15.9 Å². The maximum Gasteiger partial charge on any atom is 0.259 e. The molecule has 3 aromatic heterocycles. The van der Waals surface area contributed by atoms with Gasteiger partial charge in [-0.25, -0.2) is 4.98 Å². The number of fused-ring (bicyclic) bond motifs is 3. The number of benzene rings is 3. The Labute approximate surface area is 227 Å². The van der Waals surface area contributed by atoms with Gasteiger partial charge in [-0.05, 0) is 53.9 Å². The van der Waals surface area contributed by atoms with Crippen molar-refractivity contribution < 1.29 is 4.74 Å². The van der Waals surface area contributed by atoms with Crippen LogP contribution in [0.4, 0.5) is 0 Å². The second-order valence-electron chi connectivity index (χ2n) is 9.15. The first-order chi connectivity index (χ1) is 18.5. The van der Waals surface area contributed by atoms with Crippen molar-refractivity contribution in [2.45, 2.75) is 30.7 Å². The standard InChI is InChI=1S/C29H25N5O2S2/c1-18(2)22-8-4-5-9-23(22)34-27(19-12-14-21(36-3)15-13-19)31-32-29(34)37-17-20-16-26(35)33-24-10-6-7-11-25(24)38-28(33)30-20/h4-16,18H,17H2,1-3H3. The molecular formula is C29H25N5O2S2. The minimum absolute atomic E-state index is 0.0754. The van der Waals surface area contributed by atoms with Gasteiger partial charge in [-0.1, -0.05) is 67.3 Å². The van der Waals surface area contributed by atoms with E-state index >= 15 is 0 Å². The lowest BCUT2D eigenvalue weighted by atomic mass is 10.0. The zero-order chi connectivity index (χ0) is 26.2. The third kappa shape index (κ3) is 4.37. The summed E-state index contributed by atoms with van der Waals surface area (Å²) in [7, 11) is 1.65. The van der Waals surface area contributed by atoms with Crippen LogP contribution in [0.3, 0.4) is 0 Å². The fourth-order valence-electron chi connectivity index (χ4n) is 4.52. The summed E-state index contributed by atoms with van der Waals surface area (Å²) in [5.74, 6) is 2.33. The Morgan fingerprint density at radius 2 is 1.74 bits per heavy atom. The summed E-state index contributed by atoms with van der Waals surface area (Å²) in [6.07, 6.45) is 0. The molecule has 7 nitrogen and oxygen atoms in total. The second kappa shape index (κ2) is 10.1. The van der Waals surface area contributed by atoms with Crippen LogP contribution in [0, 0.1) is 0 Å². The van der Waals surface area contributed by atoms with E-state index < -0.39 is 0 Å². The highest BCUT2D eigenvalue weighted by atomic mass is 32.2. The lowest BCUT2D eigenvalue weighted by Crippen LogP contribution is -2.13. The number of hydrogen-bond donors (Lipinski definition) is 0. The van der Waals surface area contributed by atoms with Crippen LogP contribution < -0.4 is 10.3 Å². The molecule has 0 aliphatic carbocycles. The van der Waals surface area contributed by atoms with Crippen molar-refractivity contribution in [1.29, 1.82) is 0 Å². The number of thiazole rings is 1. The predicted octanol–water partition coefficient (Wildman–Crippen LogP) is 6.58. The molecule has 0 radical (unpaired) electrons. The van der Waals surface area contributed by atoms with Crippen LogP contribution in [0.25, 0.3) is 32.3 Å². The molecule has 0 bridgehead atoms. The number of para-hydroxylation sites is 2. The SMILES string of the molecule is COc1ccc(-c2nnc(SCc3cc(=O)n4c(n3)sc3ccccc34)n2-c2ccccc2C(C)C)cc1. The topological polar surface area (TPSA) is 74.3 Å². The largest absolute Gasteiger partial charge is 0.497 e. The fourth-order valence-corrected chi connectivity index (χ4v) is 6.41. The molecule has 0 atom stereocenters. The Morgan fingerprint density at radius 1 is 0.974 bits per heavy atom. The van der Waals surface area contributed by atoms with Gasteiger partial charge in [-0.3, -0.25) is 13.8 Å². The Morgan fingerprint density at radius 3 is 2.53 bits per heavy atom. The molecule has 0 spiro atoms. The molecule has 0 saturated heterocycles. The molecule has 0 N–H and O–H groups in total. The normalized spacial score (nSPS) is 11.6. The van der Waals surface area contributed by atoms with Crippen molar-refractivity contribution in [3.05, 3.63) is 100 Å². The van der Waals surface area contributed by atoms with Gasteiger partial charge in [-0.2, -0.15) is 0 Å². The Balaban J connectivity index is 1.41. The van der Waals surface area contributed by atoms with Gasteiger partial charge < -0.3 is 4.74 Å². The van der Waals surface area contributed by atoms with Crippen LogP contribution in [-0.2, 0) is 5.75 Å². The Hall–Kier alpha value is -3.95. The highest BCUT2D eigenvalue weighted by Gasteiger charge is 2.20. The Kier molecular flexibility index (Phi) is 6.47. The molecule has 0 aliphatic rings. The van der Waals surface area contributed by atoms with Gasteiger partial charge in [-0.15, -0.1) is 10.2 Å². The fraction of sp³-hybridized carbons (Fsp3) is 0.172. The molecule has 0 saturated carbocycles. The molecule has 190 valence electrons. The summed E-state index contributed by atoms with van der Waals surface area (Å²) in [6.45, 7) is 4.36. The zero-order valence-electron chi connectivity index (χ0n) is 21.2. The summed E-state index contributed by atoms with van der Waals surface area (Å²) in [5.41, 5.74) is 4.70. The molecule has 0 unspecified atom stereocenters. The van der Waals surface area contributed by atoms with E-state index in [0.29, 0.717) is 22.3 Å². The summed E-state index contributed by atoms with van der Waals surface area (Å²) < 4.78 is 10.2. The molecule has 0 aliphatic heterocycles. The van der Waals surface area contributed by atoms with Crippen molar-refractivity contribution in [2.24, 2.45) is 0 Å². The molecule has 6 aromatic rings. The van der Waals surface area contributed by atoms with Crippen molar-refractivity contribution in [1.82, 2.24) is 24.1 Å². The molecule has 9 heteroatoms. The number of rotatable bonds is 7. The average Bonchev–Trinajstić information content (AvgIpc) is 3.53. The maximum absolute atomic E-state index is 13.0. The van der Waals surface area contributed by atoms with Crippen LogP contribution in [-0.4, -0.2) is 31.3 Å². The van der Waals surface area contributed by atoms with Gasteiger partial charge >= 0.3 is 0 Å². The van der Waals surface area contributed by atoms with Crippen LogP contribution in [0.15, 0.2) is 88.8 Å². The minimum Gasteiger partial charge on any atom is -0.497 e. The van der Waals surface area contributed by atoms with E-state index in [0.717, 1.165) is 38.2 Å². The monoisotopic (exact) mass is 539 g/mol. The summed E-state index contributed by atoms with van der Waals surface area (Å²) in [4.78, 5) is 18.5. The van der Waals surface area contributed by atoms with Crippen molar-refractivity contribution in [3.8, 4) is 22.8 Å². The molecule has 0 fully saturated rings. The molecular weight excluding hydrogens is 514 g/mol. The van der Waals surface area contributed by atoms with Crippen LogP contribution in [0.5, 0.6) is 5.75 Å². The quantitative estimate of drug-likeness (QED) is 0.213. The van der Waals surface area contributed by atoms with Crippen LogP contribution in [0.2, 0.25) is 0 Å². The molecule has 38 heavy (non-hydrogen) atoms. The number of thioether (sulfide) groups is 1. The number of ether oxygens (including phenoxy) is 1. The first-order valence-corrected chi connectivity index (χ1v) is 14.1. The number of methoxy groups -OCH3 is 1. The lowest BCUT2D eigenvalue weighted by Gasteiger charge is -2.17. The summed E-state index contributed by atoms with van der Waals surface area (Å²) in [6, 6.07) is 25.7. The first kappa shape index (κ1) is 24.4. The summed E-state index contributed by atoms with van der Waals surface area (Å²) >= 11 is 3.04. The third-order valence-electron chi connectivity index (χ3n) is 6.38. The molecule has 6 rings (SSSR count). The van der Waals surface area contributed by atoms with Gasteiger partial charge in [0.2, 0.25) is 0 Å². The van der Waals surface area contributed by atoms with E-state index in [-0.39, 0.29) is 5.56 Å². The van der Waals surface area contributed by atoms with E-state index in [9.17, 15) is 4.79 Å². The van der Waals surface area contributed by atoms with Gasteiger partial charge in [0.05, 0.1) is 28.7 Å². The lowest BCUT2D eigenvalue weighted by molar-refractivity contribution is 0.415. The van der Waals surface area contributed by atoms with Crippen molar-refractivity contribution in [3.63, 3.8) is 0 Å². The highest BCUT2D eigenvalue weighted by molar-refractivity contribution is 7.98. The van der Waals surface area contributed by atoms with E-state index in [2.05, 4.69) is 46.8 Å². The van der Waals surface area contributed by atoms with Gasteiger partial charge in [0.1, 0.15) is 5.75 Å². The highest BCUT2D eigenvalue weighted by Crippen LogP contribution is 2.34. The molecule has 3 heterocycles. The summed E-state index contributed by atoms with van der Waals surface area (Å²) in [5, 5.41) is 9.92. The Bertz CT molecular complexity index is 1820. The first-order valence-electron chi connectivity index (χ1n) is 12.3. The van der Waals surface area contributed by atoms with Crippen LogP contribution >= 0.6 is 23.1 Å². The minimum atomic E-state index is -0.0754. The zero-order valence-corrected chi connectivity index (χ0v) is 22.8. The number of aromatic nitrogens is 5. The van der Waals surface area contributed by atoms with Crippen molar-refractivity contribution >= 4 is 38.3 Å². The van der Waals surface area contributed by atoms with E-state index in [1.165, 1.54) is 28.7 Å². The number of nitrogens with zero attached hydrogens (tertiary/aromatic N) is 5.